The zero-order valence-electron chi connectivity index (χ0n) is 13.3. The smallest absolute Gasteiger partial charge is 0.246 e. The summed E-state index contributed by atoms with van der Waals surface area (Å²) in [7, 11) is 1.86. The maximum Gasteiger partial charge on any atom is 0.246 e. The van der Waals surface area contributed by atoms with Crippen LogP contribution < -0.4 is 10.5 Å². The summed E-state index contributed by atoms with van der Waals surface area (Å²) in [6.07, 6.45) is 7.21. The second-order valence-electron chi connectivity index (χ2n) is 5.62. The van der Waals surface area contributed by atoms with Gasteiger partial charge in [-0.1, -0.05) is 6.07 Å². The number of ether oxygens (including phenoxy) is 1. The SMILES string of the molecule is Cc1ccc(Oc2nc(-c3cnn(C)c3)cn3nccc23)cc1N. The Bertz CT molecular complexity index is 1030. The van der Waals surface area contributed by atoms with E-state index >= 15 is 0 Å². The Morgan fingerprint density at radius 1 is 1.12 bits per heavy atom. The molecule has 120 valence electrons. The zero-order chi connectivity index (χ0) is 16.7. The van der Waals surface area contributed by atoms with Crippen LogP contribution in [0.3, 0.4) is 0 Å². The van der Waals surface area contributed by atoms with Crippen molar-refractivity contribution >= 4 is 11.2 Å². The fourth-order valence-corrected chi connectivity index (χ4v) is 2.46. The molecular formula is C17H16N6O. The van der Waals surface area contributed by atoms with Crippen LogP contribution in [0.4, 0.5) is 5.69 Å². The summed E-state index contributed by atoms with van der Waals surface area (Å²) < 4.78 is 9.44. The van der Waals surface area contributed by atoms with Crippen molar-refractivity contribution in [3.05, 3.63) is 54.6 Å². The molecule has 0 amide bonds. The third-order valence-electron chi connectivity index (χ3n) is 3.82. The van der Waals surface area contributed by atoms with Gasteiger partial charge in [0, 0.05) is 30.6 Å². The van der Waals surface area contributed by atoms with Crippen LogP contribution in [0.1, 0.15) is 5.56 Å². The number of nitrogens with zero attached hydrogens (tertiary/aromatic N) is 5. The first-order chi connectivity index (χ1) is 11.6. The molecule has 0 atom stereocenters. The van der Waals surface area contributed by atoms with Gasteiger partial charge in [-0.3, -0.25) is 4.68 Å². The minimum atomic E-state index is 0.470. The second-order valence-corrected chi connectivity index (χ2v) is 5.62. The topological polar surface area (TPSA) is 83.3 Å². The highest BCUT2D eigenvalue weighted by Crippen LogP contribution is 2.29. The average Bonchev–Trinajstić information content (AvgIpc) is 3.19. The lowest BCUT2D eigenvalue weighted by atomic mass is 10.2. The van der Waals surface area contributed by atoms with Gasteiger partial charge in [0.1, 0.15) is 11.3 Å². The van der Waals surface area contributed by atoms with Crippen LogP contribution in [-0.4, -0.2) is 24.4 Å². The van der Waals surface area contributed by atoms with Crippen molar-refractivity contribution in [1.29, 1.82) is 0 Å². The molecule has 0 aliphatic rings. The molecule has 0 aliphatic heterocycles. The van der Waals surface area contributed by atoms with Gasteiger partial charge in [-0.05, 0) is 24.6 Å². The predicted molar refractivity (Wildman–Crippen MR) is 90.9 cm³/mol. The van der Waals surface area contributed by atoms with E-state index in [1.807, 2.05) is 44.6 Å². The minimum Gasteiger partial charge on any atom is -0.437 e. The molecule has 1 aromatic carbocycles. The Hall–Kier alpha value is -3.35. The lowest BCUT2D eigenvalue weighted by molar-refractivity contribution is 0.466. The van der Waals surface area contributed by atoms with Crippen molar-refractivity contribution in [3.8, 4) is 22.9 Å². The van der Waals surface area contributed by atoms with Crippen LogP contribution in [0.2, 0.25) is 0 Å². The molecule has 7 heteroatoms. The van der Waals surface area contributed by atoms with Crippen LogP contribution in [0.15, 0.2) is 49.1 Å². The molecule has 4 rings (SSSR count). The van der Waals surface area contributed by atoms with Crippen LogP contribution in [0.25, 0.3) is 16.8 Å². The van der Waals surface area contributed by atoms with Crippen LogP contribution >= 0.6 is 0 Å². The number of nitrogens with two attached hydrogens (primary N) is 1. The molecule has 4 aromatic rings. The molecule has 24 heavy (non-hydrogen) atoms. The van der Waals surface area contributed by atoms with Gasteiger partial charge in [0.15, 0.2) is 0 Å². The van der Waals surface area contributed by atoms with Crippen molar-refractivity contribution in [1.82, 2.24) is 24.4 Å². The fraction of sp³-hybridized carbons (Fsp3) is 0.118. The molecule has 0 aliphatic carbocycles. The molecule has 0 radical (unpaired) electrons. The summed E-state index contributed by atoms with van der Waals surface area (Å²) in [4.78, 5) is 4.63. The van der Waals surface area contributed by atoms with Crippen LogP contribution in [0.5, 0.6) is 11.6 Å². The summed E-state index contributed by atoms with van der Waals surface area (Å²) in [5.41, 5.74) is 10.1. The highest BCUT2D eigenvalue weighted by atomic mass is 16.5. The van der Waals surface area contributed by atoms with Gasteiger partial charge in [0.25, 0.3) is 0 Å². The van der Waals surface area contributed by atoms with Gasteiger partial charge in [-0.25, -0.2) is 9.50 Å². The maximum absolute atomic E-state index is 5.98. The highest BCUT2D eigenvalue weighted by Gasteiger charge is 2.12. The van der Waals surface area contributed by atoms with E-state index < -0.39 is 0 Å². The van der Waals surface area contributed by atoms with Gasteiger partial charge >= 0.3 is 0 Å². The number of benzene rings is 1. The van der Waals surface area contributed by atoms with Gasteiger partial charge in [-0.2, -0.15) is 10.2 Å². The number of anilines is 1. The molecule has 0 saturated heterocycles. The Balaban J connectivity index is 1.81. The van der Waals surface area contributed by atoms with E-state index in [0.717, 1.165) is 22.3 Å². The monoisotopic (exact) mass is 320 g/mol. The van der Waals surface area contributed by atoms with E-state index in [0.29, 0.717) is 17.3 Å². The molecule has 3 heterocycles. The molecule has 0 saturated carbocycles. The van der Waals surface area contributed by atoms with Crippen LogP contribution in [-0.2, 0) is 7.05 Å². The Morgan fingerprint density at radius 2 is 2.00 bits per heavy atom. The standard InChI is InChI=1S/C17H16N6O/c1-11-3-4-13(7-14(11)18)24-17-16-5-6-19-23(16)10-15(21-17)12-8-20-22(2)9-12/h3-10H,18H2,1-2H3. The quantitative estimate of drug-likeness (QED) is 0.587. The third kappa shape index (κ3) is 2.45. The molecule has 2 N–H and O–H groups in total. The molecule has 0 unspecified atom stereocenters. The minimum absolute atomic E-state index is 0.470. The summed E-state index contributed by atoms with van der Waals surface area (Å²) in [5.74, 6) is 1.11. The van der Waals surface area contributed by atoms with E-state index in [-0.39, 0.29) is 0 Å². The van der Waals surface area contributed by atoms with Crippen molar-refractivity contribution < 1.29 is 4.74 Å². The maximum atomic E-state index is 5.98. The predicted octanol–water partition coefficient (Wildman–Crippen LogP) is 2.81. The first kappa shape index (κ1) is 14.3. The van der Waals surface area contributed by atoms with E-state index in [9.17, 15) is 0 Å². The fourth-order valence-electron chi connectivity index (χ4n) is 2.46. The lowest BCUT2D eigenvalue weighted by Crippen LogP contribution is -1.98. The van der Waals surface area contributed by atoms with E-state index in [4.69, 9.17) is 10.5 Å². The summed E-state index contributed by atoms with van der Waals surface area (Å²) in [5, 5.41) is 8.48. The number of rotatable bonds is 3. The average molecular weight is 320 g/mol. The zero-order valence-corrected chi connectivity index (χ0v) is 13.3. The molecule has 7 nitrogen and oxygen atoms in total. The van der Waals surface area contributed by atoms with E-state index in [2.05, 4.69) is 15.2 Å². The van der Waals surface area contributed by atoms with E-state index in [1.54, 1.807) is 27.7 Å². The number of hydrogen-bond acceptors (Lipinski definition) is 5. The molecule has 3 aromatic heterocycles. The summed E-state index contributed by atoms with van der Waals surface area (Å²) in [6.45, 7) is 1.95. The van der Waals surface area contributed by atoms with Crippen molar-refractivity contribution in [2.24, 2.45) is 7.05 Å². The highest BCUT2D eigenvalue weighted by molar-refractivity contribution is 5.64. The molecule has 0 bridgehead atoms. The van der Waals surface area contributed by atoms with Crippen molar-refractivity contribution in [3.63, 3.8) is 0 Å². The number of aryl methyl sites for hydroxylation is 2. The Kier molecular flexibility index (Phi) is 3.19. The van der Waals surface area contributed by atoms with Crippen molar-refractivity contribution in [2.75, 3.05) is 5.73 Å². The number of nitrogen functional groups attached to an aromatic ring is 1. The Morgan fingerprint density at radius 3 is 2.75 bits per heavy atom. The number of aromatic nitrogens is 5. The first-order valence-corrected chi connectivity index (χ1v) is 7.47. The largest absolute Gasteiger partial charge is 0.437 e. The van der Waals surface area contributed by atoms with E-state index in [1.165, 1.54) is 0 Å². The van der Waals surface area contributed by atoms with Crippen LogP contribution in [0, 0.1) is 6.92 Å². The molecule has 0 fully saturated rings. The Labute approximate surface area is 138 Å². The van der Waals surface area contributed by atoms with Gasteiger partial charge in [0.05, 0.1) is 24.3 Å². The second kappa shape index (κ2) is 5.38. The van der Waals surface area contributed by atoms with Crippen molar-refractivity contribution in [2.45, 2.75) is 6.92 Å². The number of hydrogen-bond donors (Lipinski definition) is 1. The summed E-state index contributed by atoms with van der Waals surface area (Å²) >= 11 is 0. The molecular weight excluding hydrogens is 304 g/mol. The third-order valence-corrected chi connectivity index (χ3v) is 3.82. The first-order valence-electron chi connectivity index (χ1n) is 7.47. The van der Waals surface area contributed by atoms with Gasteiger partial charge < -0.3 is 10.5 Å². The van der Waals surface area contributed by atoms with Gasteiger partial charge in [-0.15, -0.1) is 0 Å². The number of fused-ring (bicyclic) bond motifs is 1. The van der Waals surface area contributed by atoms with Gasteiger partial charge in [0.2, 0.25) is 5.88 Å². The summed E-state index contributed by atoms with van der Waals surface area (Å²) in [6, 6.07) is 7.44. The normalized spacial score (nSPS) is 11.1. The lowest BCUT2D eigenvalue weighted by Gasteiger charge is -2.09. The molecule has 0 spiro atoms.